The standard InChI is InChI=1S/C19H32N2O/c1-4-10-21-11-8-16(9-12-21)18(14-20)17-6-7-19(22-5-2)15(3)13-17/h6-7,13,16,18H,4-5,8-12,14,20H2,1-3H3. The van der Waals surface area contributed by atoms with E-state index in [0.29, 0.717) is 5.92 Å². The highest BCUT2D eigenvalue weighted by atomic mass is 16.5. The summed E-state index contributed by atoms with van der Waals surface area (Å²) in [5.74, 6) is 2.20. The van der Waals surface area contributed by atoms with Crippen LogP contribution in [0.15, 0.2) is 18.2 Å². The minimum atomic E-state index is 0.484. The van der Waals surface area contributed by atoms with Gasteiger partial charge in [-0.2, -0.15) is 0 Å². The van der Waals surface area contributed by atoms with Crippen LogP contribution in [0.2, 0.25) is 0 Å². The summed E-state index contributed by atoms with van der Waals surface area (Å²) in [6, 6.07) is 6.61. The van der Waals surface area contributed by atoms with E-state index in [2.05, 4.69) is 36.9 Å². The Bertz CT molecular complexity index is 453. The molecule has 0 aromatic heterocycles. The lowest BCUT2D eigenvalue weighted by atomic mass is 9.79. The summed E-state index contributed by atoms with van der Waals surface area (Å²) in [5, 5.41) is 0. The number of hydrogen-bond donors (Lipinski definition) is 1. The van der Waals surface area contributed by atoms with Crippen molar-refractivity contribution in [3.63, 3.8) is 0 Å². The molecular weight excluding hydrogens is 272 g/mol. The summed E-state index contributed by atoms with van der Waals surface area (Å²) in [5.41, 5.74) is 8.74. The van der Waals surface area contributed by atoms with Crippen molar-refractivity contribution in [3.8, 4) is 5.75 Å². The highest BCUT2D eigenvalue weighted by molar-refractivity contribution is 5.38. The third-order valence-corrected chi connectivity index (χ3v) is 4.92. The van der Waals surface area contributed by atoms with Crippen LogP contribution < -0.4 is 10.5 Å². The molecule has 22 heavy (non-hydrogen) atoms. The second-order valence-electron chi connectivity index (χ2n) is 6.48. The number of nitrogens with zero attached hydrogens (tertiary/aromatic N) is 1. The Hall–Kier alpha value is -1.06. The van der Waals surface area contributed by atoms with E-state index in [0.717, 1.165) is 24.8 Å². The van der Waals surface area contributed by atoms with E-state index in [1.807, 2.05) is 6.92 Å². The van der Waals surface area contributed by atoms with E-state index in [9.17, 15) is 0 Å². The van der Waals surface area contributed by atoms with E-state index in [1.165, 1.54) is 50.0 Å². The van der Waals surface area contributed by atoms with Gasteiger partial charge in [-0.3, -0.25) is 0 Å². The first-order chi connectivity index (χ1) is 10.7. The van der Waals surface area contributed by atoms with Crippen molar-refractivity contribution < 1.29 is 4.74 Å². The molecule has 3 heteroatoms. The van der Waals surface area contributed by atoms with Gasteiger partial charge in [-0.15, -0.1) is 0 Å². The molecule has 0 radical (unpaired) electrons. The lowest BCUT2D eigenvalue weighted by molar-refractivity contribution is 0.169. The number of ether oxygens (including phenoxy) is 1. The van der Waals surface area contributed by atoms with E-state index in [1.54, 1.807) is 0 Å². The predicted molar refractivity (Wildman–Crippen MR) is 93.6 cm³/mol. The van der Waals surface area contributed by atoms with Gasteiger partial charge in [0.05, 0.1) is 6.61 Å². The molecule has 0 amide bonds. The van der Waals surface area contributed by atoms with Crippen LogP contribution in [0.5, 0.6) is 5.75 Å². The van der Waals surface area contributed by atoms with Crippen molar-refractivity contribution in [2.45, 2.75) is 46.0 Å². The normalized spacial score (nSPS) is 18.4. The molecule has 3 nitrogen and oxygen atoms in total. The third-order valence-electron chi connectivity index (χ3n) is 4.92. The molecule has 1 aliphatic heterocycles. The van der Waals surface area contributed by atoms with E-state index in [4.69, 9.17) is 10.5 Å². The van der Waals surface area contributed by atoms with Crippen LogP contribution in [-0.2, 0) is 0 Å². The second kappa shape index (κ2) is 8.54. The lowest BCUT2D eigenvalue weighted by Crippen LogP contribution is -2.37. The summed E-state index contributed by atoms with van der Waals surface area (Å²) in [7, 11) is 0. The average Bonchev–Trinajstić information content (AvgIpc) is 2.53. The van der Waals surface area contributed by atoms with Crippen molar-refractivity contribution in [2.24, 2.45) is 11.7 Å². The molecule has 1 atom stereocenters. The fourth-order valence-corrected chi connectivity index (χ4v) is 3.72. The molecule has 1 aromatic rings. The number of aryl methyl sites for hydroxylation is 1. The number of hydrogen-bond acceptors (Lipinski definition) is 3. The zero-order valence-corrected chi connectivity index (χ0v) is 14.5. The maximum atomic E-state index is 6.13. The van der Waals surface area contributed by atoms with Crippen LogP contribution in [0, 0.1) is 12.8 Å². The van der Waals surface area contributed by atoms with Crippen LogP contribution in [0.25, 0.3) is 0 Å². The van der Waals surface area contributed by atoms with Gasteiger partial charge in [-0.05, 0) is 88.3 Å². The molecule has 2 rings (SSSR count). The number of rotatable bonds is 7. The second-order valence-corrected chi connectivity index (χ2v) is 6.48. The number of nitrogens with two attached hydrogens (primary N) is 1. The van der Waals surface area contributed by atoms with Gasteiger partial charge in [-0.1, -0.05) is 19.1 Å². The Morgan fingerprint density at radius 1 is 1.27 bits per heavy atom. The first-order valence-electron chi connectivity index (χ1n) is 8.85. The van der Waals surface area contributed by atoms with Crippen LogP contribution in [-0.4, -0.2) is 37.7 Å². The van der Waals surface area contributed by atoms with Gasteiger partial charge in [0.2, 0.25) is 0 Å². The van der Waals surface area contributed by atoms with Crippen LogP contribution in [0.1, 0.15) is 50.2 Å². The Morgan fingerprint density at radius 3 is 2.55 bits per heavy atom. The SMILES string of the molecule is CCCN1CCC(C(CN)c2ccc(OCC)c(C)c2)CC1. The van der Waals surface area contributed by atoms with Crippen molar-refractivity contribution in [1.29, 1.82) is 0 Å². The summed E-state index contributed by atoms with van der Waals surface area (Å²) in [4.78, 5) is 2.59. The Balaban J connectivity index is 2.04. The fraction of sp³-hybridized carbons (Fsp3) is 0.684. The van der Waals surface area contributed by atoms with Gasteiger partial charge in [0.25, 0.3) is 0 Å². The summed E-state index contributed by atoms with van der Waals surface area (Å²) in [6.45, 7) is 11.6. The van der Waals surface area contributed by atoms with Gasteiger partial charge in [-0.25, -0.2) is 0 Å². The Morgan fingerprint density at radius 2 is 2.00 bits per heavy atom. The van der Waals surface area contributed by atoms with Crippen molar-refractivity contribution in [2.75, 3.05) is 32.8 Å². The quantitative estimate of drug-likeness (QED) is 0.837. The van der Waals surface area contributed by atoms with Gasteiger partial charge >= 0.3 is 0 Å². The molecule has 1 fully saturated rings. The minimum absolute atomic E-state index is 0.484. The maximum absolute atomic E-state index is 6.13. The van der Waals surface area contributed by atoms with Gasteiger partial charge < -0.3 is 15.4 Å². The molecular formula is C19H32N2O. The van der Waals surface area contributed by atoms with E-state index < -0.39 is 0 Å². The van der Waals surface area contributed by atoms with Crippen molar-refractivity contribution >= 4 is 0 Å². The lowest BCUT2D eigenvalue weighted by Gasteiger charge is -2.36. The molecule has 1 aliphatic rings. The smallest absolute Gasteiger partial charge is 0.122 e. The first kappa shape index (κ1) is 17.3. The van der Waals surface area contributed by atoms with Gasteiger partial charge in [0.15, 0.2) is 0 Å². The first-order valence-corrected chi connectivity index (χ1v) is 8.85. The molecule has 0 spiro atoms. The molecule has 1 heterocycles. The molecule has 2 N–H and O–H groups in total. The van der Waals surface area contributed by atoms with Gasteiger partial charge in [0.1, 0.15) is 5.75 Å². The molecule has 1 aromatic carbocycles. The predicted octanol–water partition coefficient (Wildman–Crippen LogP) is 3.56. The number of benzene rings is 1. The van der Waals surface area contributed by atoms with Crippen molar-refractivity contribution in [1.82, 2.24) is 4.90 Å². The average molecular weight is 304 g/mol. The fourth-order valence-electron chi connectivity index (χ4n) is 3.72. The monoisotopic (exact) mass is 304 g/mol. The van der Waals surface area contributed by atoms with Crippen LogP contribution in [0.3, 0.4) is 0 Å². The number of likely N-dealkylation sites (tertiary alicyclic amines) is 1. The number of piperidine rings is 1. The largest absolute Gasteiger partial charge is 0.494 e. The zero-order valence-electron chi connectivity index (χ0n) is 14.5. The third kappa shape index (κ3) is 4.23. The van der Waals surface area contributed by atoms with Crippen molar-refractivity contribution in [3.05, 3.63) is 29.3 Å². The summed E-state index contributed by atoms with van der Waals surface area (Å²) >= 11 is 0. The molecule has 0 saturated carbocycles. The summed E-state index contributed by atoms with van der Waals surface area (Å²) in [6.07, 6.45) is 3.80. The zero-order chi connectivity index (χ0) is 15.9. The maximum Gasteiger partial charge on any atom is 0.122 e. The highest BCUT2D eigenvalue weighted by Gasteiger charge is 2.26. The summed E-state index contributed by atoms with van der Waals surface area (Å²) < 4.78 is 5.65. The van der Waals surface area contributed by atoms with E-state index in [-0.39, 0.29) is 0 Å². The van der Waals surface area contributed by atoms with Crippen LogP contribution in [0.4, 0.5) is 0 Å². The molecule has 0 bridgehead atoms. The molecule has 1 saturated heterocycles. The van der Waals surface area contributed by atoms with Crippen LogP contribution >= 0.6 is 0 Å². The van der Waals surface area contributed by atoms with Gasteiger partial charge in [0, 0.05) is 0 Å². The molecule has 0 aliphatic carbocycles. The highest BCUT2D eigenvalue weighted by Crippen LogP contribution is 2.34. The topological polar surface area (TPSA) is 38.5 Å². The molecule has 124 valence electrons. The Kier molecular flexibility index (Phi) is 6.71. The molecule has 1 unspecified atom stereocenters. The Labute approximate surface area is 135 Å². The minimum Gasteiger partial charge on any atom is -0.494 e. The van der Waals surface area contributed by atoms with E-state index >= 15 is 0 Å².